The standard InChI is InChI=1S/C25H24F2N10O4/c1-12-16(25(4,26)27)6-15(7-29-12)17-8-28-9-18(32-17)33-22(38)13(2)37-11-30-21-20(37)23(39)36(24(40)35(21)5)10-19-31-14(3)41-34-19/h6-9,11,13H,10H2,1-5H3,(H,32,33,38)/t13-/m0/s1. The van der Waals surface area contributed by atoms with Gasteiger partial charge in [0.05, 0.1) is 31.0 Å². The van der Waals surface area contributed by atoms with Crippen LogP contribution in [0.2, 0.25) is 0 Å². The Kier molecular flexibility index (Phi) is 6.76. The van der Waals surface area contributed by atoms with E-state index in [0.717, 1.165) is 11.5 Å². The van der Waals surface area contributed by atoms with E-state index in [1.165, 1.54) is 61.0 Å². The third kappa shape index (κ3) is 5.10. The van der Waals surface area contributed by atoms with E-state index in [1.54, 1.807) is 6.92 Å². The number of halogens is 2. The first kappa shape index (κ1) is 27.4. The lowest BCUT2D eigenvalue weighted by atomic mass is 10.0. The summed E-state index contributed by atoms with van der Waals surface area (Å²) >= 11 is 0. The van der Waals surface area contributed by atoms with Gasteiger partial charge in [0.25, 0.3) is 11.5 Å². The first-order chi connectivity index (χ1) is 19.3. The number of fused-ring (bicyclic) bond motifs is 1. The fourth-order valence-corrected chi connectivity index (χ4v) is 4.31. The Balaban J connectivity index is 1.45. The summed E-state index contributed by atoms with van der Waals surface area (Å²) in [7, 11) is 1.45. The van der Waals surface area contributed by atoms with E-state index in [-0.39, 0.29) is 52.2 Å². The Morgan fingerprint density at radius 1 is 1.15 bits per heavy atom. The number of carbonyl (C=O) groups excluding carboxylic acids is 1. The van der Waals surface area contributed by atoms with Gasteiger partial charge in [-0.15, -0.1) is 0 Å². The molecule has 5 aromatic rings. The van der Waals surface area contributed by atoms with Gasteiger partial charge < -0.3 is 14.4 Å². The predicted molar refractivity (Wildman–Crippen MR) is 140 cm³/mol. The minimum atomic E-state index is -3.11. The maximum atomic E-state index is 14.0. The SMILES string of the molecule is Cc1nc(Cn2c(=O)c3c(ncn3[C@@H](C)C(=O)Nc3cncc(-c4cnc(C)c(C(C)(F)F)c4)n3)n(C)c2=O)no1. The Morgan fingerprint density at radius 2 is 1.90 bits per heavy atom. The molecule has 0 fully saturated rings. The van der Waals surface area contributed by atoms with Gasteiger partial charge in [-0.25, -0.2) is 23.5 Å². The van der Waals surface area contributed by atoms with E-state index in [0.29, 0.717) is 5.56 Å². The molecule has 0 aromatic carbocycles. The number of carbonyl (C=O) groups is 1. The average Bonchev–Trinajstić information content (AvgIpc) is 3.55. The molecular weight excluding hydrogens is 542 g/mol. The number of aromatic nitrogens is 9. The van der Waals surface area contributed by atoms with Crippen LogP contribution in [0.25, 0.3) is 22.4 Å². The van der Waals surface area contributed by atoms with E-state index in [1.807, 2.05) is 0 Å². The molecule has 0 aliphatic heterocycles. The maximum Gasteiger partial charge on any atom is 0.332 e. The topological polar surface area (TPSA) is 169 Å². The van der Waals surface area contributed by atoms with Gasteiger partial charge in [-0.1, -0.05) is 5.16 Å². The lowest BCUT2D eigenvalue weighted by molar-refractivity contribution is -0.118. The third-order valence-corrected chi connectivity index (χ3v) is 6.46. The van der Waals surface area contributed by atoms with Crippen LogP contribution in [-0.4, -0.2) is 49.7 Å². The lowest BCUT2D eigenvalue weighted by Crippen LogP contribution is -2.40. The van der Waals surface area contributed by atoms with Crippen LogP contribution in [-0.2, 0) is 24.3 Å². The van der Waals surface area contributed by atoms with Crippen molar-refractivity contribution in [3.63, 3.8) is 0 Å². The molecule has 0 aliphatic carbocycles. The zero-order valence-electron chi connectivity index (χ0n) is 22.6. The number of rotatable bonds is 7. The highest BCUT2D eigenvalue weighted by Crippen LogP contribution is 2.31. The molecule has 0 aliphatic rings. The second-order valence-electron chi connectivity index (χ2n) is 9.49. The number of nitrogens with one attached hydrogen (secondary N) is 1. The van der Waals surface area contributed by atoms with Crippen molar-refractivity contribution in [2.24, 2.45) is 7.05 Å². The largest absolute Gasteiger partial charge is 0.340 e. The van der Waals surface area contributed by atoms with Crippen molar-refractivity contribution < 1.29 is 18.1 Å². The molecule has 5 aromatic heterocycles. The van der Waals surface area contributed by atoms with Crippen LogP contribution in [0, 0.1) is 13.8 Å². The van der Waals surface area contributed by atoms with Gasteiger partial charge in [0.1, 0.15) is 6.04 Å². The molecule has 16 heteroatoms. The Bertz CT molecular complexity index is 1920. The molecule has 1 amide bonds. The van der Waals surface area contributed by atoms with Gasteiger partial charge in [-0.05, 0) is 19.9 Å². The van der Waals surface area contributed by atoms with E-state index >= 15 is 0 Å². The molecule has 0 radical (unpaired) electrons. The molecule has 14 nitrogen and oxygen atoms in total. The number of alkyl halides is 2. The van der Waals surface area contributed by atoms with Crippen LogP contribution in [0.3, 0.4) is 0 Å². The van der Waals surface area contributed by atoms with Gasteiger partial charge in [-0.2, -0.15) is 4.98 Å². The van der Waals surface area contributed by atoms with Crippen LogP contribution < -0.4 is 16.6 Å². The number of aryl methyl sites for hydroxylation is 3. The molecular formula is C25H24F2N10O4. The minimum Gasteiger partial charge on any atom is -0.340 e. The third-order valence-electron chi connectivity index (χ3n) is 6.46. The van der Waals surface area contributed by atoms with Gasteiger partial charge in [0, 0.05) is 43.9 Å². The Hall–Kier alpha value is -5.15. The Morgan fingerprint density at radius 3 is 2.59 bits per heavy atom. The normalized spacial score (nSPS) is 12.6. The van der Waals surface area contributed by atoms with Crippen molar-refractivity contribution >= 4 is 22.9 Å². The molecule has 5 heterocycles. The number of imidazole rings is 1. The summed E-state index contributed by atoms with van der Waals surface area (Å²) in [5.41, 5.74) is -0.802. The first-order valence-electron chi connectivity index (χ1n) is 12.3. The maximum absolute atomic E-state index is 14.0. The van der Waals surface area contributed by atoms with E-state index < -0.39 is 29.1 Å². The van der Waals surface area contributed by atoms with Gasteiger partial charge >= 0.3 is 5.69 Å². The van der Waals surface area contributed by atoms with E-state index in [9.17, 15) is 23.2 Å². The van der Waals surface area contributed by atoms with Gasteiger partial charge in [0.15, 0.2) is 22.8 Å². The van der Waals surface area contributed by atoms with Gasteiger partial charge in [-0.3, -0.25) is 28.7 Å². The van der Waals surface area contributed by atoms with E-state index in [2.05, 4.69) is 35.4 Å². The van der Waals surface area contributed by atoms with Crippen LogP contribution in [0.5, 0.6) is 0 Å². The second-order valence-corrected chi connectivity index (χ2v) is 9.49. The second kappa shape index (κ2) is 10.1. The monoisotopic (exact) mass is 566 g/mol. The molecule has 0 saturated heterocycles. The zero-order chi connectivity index (χ0) is 29.6. The number of pyridine rings is 1. The molecule has 0 bridgehead atoms. The number of nitrogens with zero attached hydrogens (tertiary/aromatic N) is 9. The highest BCUT2D eigenvalue weighted by Gasteiger charge is 2.28. The van der Waals surface area contributed by atoms with E-state index in [4.69, 9.17) is 4.52 Å². The van der Waals surface area contributed by atoms with Crippen molar-refractivity contribution in [1.29, 1.82) is 0 Å². The van der Waals surface area contributed by atoms with Crippen molar-refractivity contribution in [1.82, 2.24) is 43.8 Å². The molecule has 0 saturated carbocycles. The summed E-state index contributed by atoms with van der Waals surface area (Å²) in [6.45, 7) is 5.13. The zero-order valence-corrected chi connectivity index (χ0v) is 22.6. The quantitative estimate of drug-likeness (QED) is 0.308. The fourth-order valence-electron chi connectivity index (χ4n) is 4.31. The highest BCUT2D eigenvalue weighted by atomic mass is 19.3. The molecule has 0 unspecified atom stereocenters. The van der Waals surface area contributed by atoms with Crippen molar-refractivity contribution in [3.8, 4) is 11.3 Å². The minimum absolute atomic E-state index is 0.00792. The highest BCUT2D eigenvalue weighted by molar-refractivity contribution is 5.93. The van der Waals surface area contributed by atoms with Crippen LogP contribution in [0.1, 0.15) is 42.9 Å². The van der Waals surface area contributed by atoms with Crippen molar-refractivity contribution in [2.45, 2.75) is 46.2 Å². The number of amides is 1. The molecule has 1 atom stereocenters. The molecule has 0 spiro atoms. The molecule has 41 heavy (non-hydrogen) atoms. The summed E-state index contributed by atoms with van der Waals surface area (Å²) < 4.78 is 36.4. The van der Waals surface area contributed by atoms with Crippen LogP contribution >= 0.6 is 0 Å². The number of hydrogen-bond acceptors (Lipinski definition) is 10. The fraction of sp³-hybridized carbons (Fsp3) is 0.320. The summed E-state index contributed by atoms with van der Waals surface area (Å²) in [4.78, 5) is 60.1. The predicted octanol–water partition coefficient (Wildman–Crippen LogP) is 2.11. The summed E-state index contributed by atoms with van der Waals surface area (Å²) in [5.74, 6) is -3.23. The van der Waals surface area contributed by atoms with Crippen LogP contribution in [0.4, 0.5) is 14.6 Å². The summed E-state index contributed by atoms with van der Waals surface area (Å²) in [6, 6.07) is 0.298. The molecule has 1 N–H and O–H groups in total. The summed E-state index contributed by atoms with van der Waals surface area (Å²) in [5, 5.41) is 6.36. The smallest absolute Gasteiger partial charge is 0.332 e. The van der Waals surface area contributed by atoms with Gasteiger partial charge in [0.2, 0.25) is 11.8 Å². The number of anilines is 1. The van der Waals surface area contributed by atoms with Crippen molar-refractivity contribution in [3.05, 3.63) is 74.8 Å². The first-order valence-corrected chi connectivity index (χ1v) is 12.3. The Labute approximate surface area is 229 Å². The average molecular weight is 567 g/mol. The van der Waals surface area contributed by atoms with Crippen molar-refractivity contribution in [2.75, 3.05) is 5.32 Å². The molecule has 212 valence electrons. The molecule has 5 rings (SSSR count). The lowest BCUT2D eigenvalue weighted by Gasteiger charge is -2.16. The summed E-state index contributed by atoms with van der Waals surface area (Å²) in [6.07, 6.45) is 5.33. The van der Waals surface area contributed by atoms with Crippen LogP contribution in [0.15, 0.2) is 45.1 Å². The number of hydrogen-bond donors (Lipinski definition) is 1.